The van der Waals surface area contributed by atoms with Crippen molar-refractivity contribution in [3.63, 3.8) is 0 Å². The number of rotatable bonds is 3. The average molecular weight is 331 g/mol. The van der Waals surface area contributed by atoms with E-state index >= 15 is 0 Å². The Hall–Kier alpha value is -2.64. The molecule has 1 nitrogen and oxygen atoms in total. The summed E-state index contributed by atoms with van der Waals surface area (Å²) < 4.78 is 0. The highest BCUT2D eigenvalue weighted by Gasteiger charge is 2.24. The summed E-state index contributed by atoms with van der Waals surface area (Å²) in [5.74, 6) is 0.0898. The molecule has 3 aromatic rings. The summed E-state index contributed by atoms with van der Waals surface area (Å²) in [4.78, 5) is 13.0. The second-order valence-corrected chi connectivity index (χ2v) is 6.33. The number of hydrogen-bond donors (Lipinski definition) is 0. The van der Waals surface area contributed by atoms with Crippen LogP contribution in [0, 0.1) is 0 Å². The minimum atomic E-state index is 0.00545. The van der Waals surface area contributed by atoms with Crippen LogP contribution >= 0.6 is 11.6 Å². The first-order valence-electron chi connectivity index (χ1n) is 7.90. The van der Waals surface area contributed by atoms with E-state index in [0.717, 1.165) is 5.56 Å². The van der Waals surface area contributed by atoms with Gasteiger partial charge in [0.05, 0.1) is 0 Å². The van der Waals surface area contributed by atoms with Gasteiger partial charge in [-0.2, -0.15) is 0 Å². The van der Waals surface area contributed by atoms with Gasteiger partial charge < -0.3 is 0 Å². The van der Waals surface area contributed by atoms with Gasteiger partial charge in [0.15, 0.2) is 5.78 Å². The lowest BCUT2D eigenvalue weighted by molar-refractivity contribution is 0.103. The third kappa shape index (κ3) is 2.57. The number of hydrogen-bond acceptors (Lipinski definition) is 1. The van der Waals surface area contributed by atoms with Gasteiger partial charge in [0.1, 0.15) is 0 Å². The second-order valence-electron chi connectivity index (χ2n) is 5.89. The van der Waals surface area contributed by atoms with Gasteiger partial charge >= 0.3 is 0 Å². The van der Waals surface area contributed by atoms with E-state index in [2.05, 4.69) is 24.3 Å². The maximum Gasteiger partial charge on any atom is 0.193 e. The zero-order chi connectivity index (χ0) is 16.5. The average Bonchev–Trinajstić information content (AvgIpc) is 3.06. The fraction of sp³-hybridized carbons (Fsp3) is 0.0455. The highest BCUT2D eigenvalue weighted by molar-refractivity contribution is 6.31. The van der Waals surface area contributed by atoms with Gasteiger partial charge in [0, 0.05) is 22.1 Å². The van der Waals surface area contributed by atoms with Gasteiger partial charge in [-0.05, 0) is 28.8 Å². The van der Waals surface area contributed by atoms with Gasteiger partial charge in [-0.15, -0.1) is 0 Å². The van der Waals surface area contributed by atoms with Crippen LogP contribution in [0.1, 0.15) is 38.5 Å². The topological polar surface area (TPSA) is 17.1 Å². The van der Waals surface area contributed by atoms with Crippen LogP contribution in [-0.4, -0.2) is 5.78 Å². The molecule has 0 saturated carbocycles. The molecule has 1 unspecified atom stereocenters. The summed E-state index contributed by atoms with van der Waals surface area (Å²) in [6.45, 7) is 0. The Balaban J connectivity index is 1.84. The number of carbonyl (C=O) groups is 1. The molecule has 2 heteroatoms. The zero-order valence-corrected chi connectivity index (χ0v) is 13.7. The van der Waals surface area contributed by atoms with Crippen molar-refractivity contribution in [1.29, 1.82) is 0 Å². The van der Waals surface area contributed by atoms with Gasteiger partial charge in [-0.1, -0.05) is 84.4 Å². The van der Waals surface area contributed by atoms with Crippen molar-refractivity contribution in [3.05, 3.63) is 112 Å². The molecule has 0 aliphatic heterocycles. The van der Waals surface area contributed by atoms with Crippen molar-refractivity contribution in [3.8, 4) is 0 Å². The molecule has 4 rings (SSSR count). The Morgan fingerprint density at radius 2 is 1.58 bits per heavy atom. The lowest BCUT2D eigenvalue weighted by Crippen LogP contribution is -2.08. The molecule has 1 aliphatic rings. The molecule has 1 aliphatic carbocycles. The standard InChI is InChI=1S/C22H15ClO/c23-17-11-13-20(19-12-10-15-6-4-5-9-18(15)19)21(14-17)22(24)16-7-2-1-3-8-16/h1-14,19H. The summed E-state index contributed by atoms with van der Waals surface area (Å²) in [5, 5.41) is 0.577. The van der Waals surface area contributed by atoms with Crippen LogP contribution in [0.5, 0.6) is 0 Å². The number of ketones is 1. The predicted octanol–water partition coefficient (Wildman–Crippen LogP) is 5.73. The van der Waals surface area contributed by atoms with Crippen LogP contribution in [0.2, 0.25) is 5.02 Å². The largest absolute Gasteiger partial charge is 0.289 e. The van der Waals surface area contributed by atoms with E-state index in [9.17, 15) is 4.79 Å². The second kappa shape index (κ2) is 6.10. The molecule has 0 spiro atoms. The number of allylic oxidation sites excluding steroid dienone is 1. The summed E-state index contributed by atoms with van der Waals surface area (Å²) in [5.41, 5.74) is 4.77. The van der Waals surface area contributed by atoms with E-state index in [1.165, 1.54) is 11.1 Å². The number of fused-ring (bicyclic) bond motifs is 1. The van der Waals surface area contributed by atoms with Crippen LogP contribution in [0.15, 0.2) is 78.9 Å². The maximum atomic E-state index is 13.0. The highest BCUT2D eigenvalue weighted by atomic mass is 35.5. The fourth-order valence-corrected chi connectivity index (χ4v) is 3.43. The monoisotopic (exact) mass is 330 g/mol. The molecular formula is C22H15ClO. The van der Waals surface area contributed by atoms with Crippen LogP contribution < -0.4 is 0 Å². The number of benzene rings is 3. The highest BCUT2D eigenvalue weighted by Crippen LogP contribution is 2.38. The molecule has 1 atom stereocenters. The number of halogens is 1. The smallest absolute Gasteiger partial charge is 0.193 e. The van der Waals surface area contributed by atoms with Crippen molar-refractivity contribution >= 4 is 23.5 Å². The number of carbonyl (C=O) groups excluding carboxylic acids is 1. The Morgan fingerprint density at radius 3 is 2.42 bits per heavy atom. The first-order valence-corrected chi connectivity index (χ1v) is 8.28. The van der Waals surface area contributed by atoms with Crippen molar-refractivity contribution in [2.75, 3.05) is 0 Å². The molecule has 0 aromatic heterocycles. The molecule has 0 fully saturated rings. The minimum Gasteiger partial charge on any atom is -0.289 e. The first-order chi connectivity index (χ1) is 11.7. The van der Waals surface area contributed by atoms with E-state index in [1.807, 2.05) is 54.6 Å². The van der Waals surface area contributed by atoms with E-state index < -0.39 is 0 Å². The summed E-state index contributed by atoms with van der Waals surface area (Å²) in [6.07, 6.45) is 4.26. The van der Waals surface area contributed by atoms with Crippen LogP contribution in [0.4, 0.5) is 0 Å². The summed E-state index contributed by atoms with van der Waals surface area (Å²) in [7, 11) is 0. The molecule has 0 radical (unpaired) electrons. The Labute approximate surface area is 146 Å². The van der Waals surface area contributed by atoms with Crippen molar-refractivity contribution in [1.82, 2.24) is 0 Å². The SMILES string of the molecule is O=C(c1ccccc1)c1cc(Cl)ccc1C1C=Cc2ccccc21. The minimum absolute atomic E-state index is 0.00545. The normalized spacial score (nSPS) is 15.3. The van der Waals surface area contributed by atoms with Crippen molar-refractivity contribution in [2.45, 2.75) is 5.92 Å². The van der Waals surface area contributed by atoms with E-state index in [0.29, 0.717) is 16.1 Å². The molecule has 0 amide bonds. The molecular weight excluding hydrogens is 316 g/mol. The van der Waals surface area contributed by atoms with E-state index in [4.69, 9.17) is 11.6 Å². The maximum absolute atomic E-state index is 13.0. The molecule has 116 valence electrons. The zero-order valence-electron chi connectivity index (χ0n) is 12.9. The van der Waals surface area contributed by atoms with Gasteiger partial charge in [-0.3, -0.25) is 4.79 Å². The van der Waals surface area contributed by atoms with Gasteiger partial charge in [0.2, 0.25) is 0 Å². The Bertz CT molecular complexity index is 941. The molecule has 24 heavy (non-hydrogen) atoms. The predicted molar refractivity (Wildman–Crippen MR) is 98.6 cm³/mol. The van der Waals surface area contributed by atoms with Crippen LogP contribution in [0.25, 0.3) is 6.08 Å². The Morgan fingerprint density at radius 1 is 0.833 bits per heavy atom. The summed E-state index contributed by atoms with van der Waals surface area (Å²) >= 11 is 6.19. The van der Waals surface area contributed by atoms with Crippen molar-refractivity contribution < 1.29 is 4.79 Å². The molecule has 0 saturated heterocycles. The lowest BCUT2D eigenvalue weighted by Gasteiger charge is -2.16. The molecule has 3 aromatic carbocycles. The Kier molecular flexibility index (Phi) is 3.79. The van der Waals surface area contributed by atoms with Gasteiger partial charge in [0.25, 0.3) is 0 Å². The van der Waals surface area contributed by atoms with Crippen molar-refractivity contribution in [2.24, 2.45) is 0 Å². The van der Waals surface area contributed by atoms with E-state index in [-0.39, 0.29) is 11.7 Å². The molecule has 0 heterocycles. The fourth-order valence-electron chi connectivity index (χ4n) is 3.26. The quantitative estimate of drug-likeness (QED) is 0.560. The van der Waals surface area contributed by atoms with Crippen LogP contribution in [-0.2, 0) is 0 Å². The molecule has 0 bridgehead atoms. The summed E-state index contributed by atoms with van der Waals surface area (Å²) in [6, 6.07) is 23.2. The van der Waals surface area contributed by atoms with Crippen LogP contribution in [0.3, 0.4) is 0 Å². The lowest BCUT2D eigenvalue weighted by atomic mass is 9.87. The third-order valence-corrected chi connectivity index (χ3v) is 4.67. The third-order valence-electron chi connectivity index (χ3n) is 4.43. The first kappa shape index (κ1) is 14.9. The van der Waals surface area contributed by atoms with E-state index in [1.54, 1.807) is 6.07 Å². The molecule has 0 N–H and O–H groups in total. The van der Waals surface area contributed by atoms with Gasteiger partial charge in [-0.25, -0.2) is 0 Å².